The SMILES string of the molecule is CC1(C)O[C@H]2CC3C4C[C@H](F)C5=CC(=O)C=C[C@]5(C)[C@@]4(F)[C@@H](O)C[C@]3(C)[C@@]2(C(=O)COC(=O)Oc2ccc(CCC(=O)OCCCCO[N+](=O)[O-])cc2)O1. The van der Waals surface area contributed by atoms with E-state index in [-0.39, 0.29) is 50.2 Å². The number of ether oxygens (including phenoxy) is 5. The summed E-state index contributed by atoms with van der Waals surface area (Å²) in [5.41, 5.74) is -6.27. The lowest BCUT2D eigenvalue weighted by Crippen LogP contribution is -2.71. The molecule has 1 heterocycles. The maximum absolute atomic E-state index is 17.6. The molecule has 0 spiro atoms. The Labute approximate surface area is 310 Å². The minimum atomic E-state index is -2.36. The summed E-state index contributed by atoms with van der Waals surface area (Å²) in [6.07, 6.45) is -1.02. The predicted molar refractivity (Wildman–Crippen MR) is 182 cm³/mol. The molecule has 3 saturated carbocycles. The fourth-order valence-electron chi connectivity index (χ4n) is 9.73. The van der Waals surface area contributed by atoms with E-state index >= 15 is 8.78 Å². The number of allylic oxidation sites excluding steroid dienone is 4. The summed E-state index contributed by atoms with van der Waals surface area (Å²) >= 11 is 0. The van der Waals surface area contributed by atoms with Gasteiger partial charge in [-0.25, -0.2) is 13.6 Å². The third-order valence-electron chi connectivity index (χ3n) is 12.1. The lowest BCUT2D eigenvalue weighted by atomic mass is 9.44. The molecule has 54 heavy (non-hydrogen) atoms. The summed E-state index contributed by atoms with van der Waals surface area (Å²) in [5.74, 6) is -4.48. The van der Waals surface area contributed by atoms with Crippen molar-refractivity contribution < 1.29 is 66.7 Å². The first-order chi connectivity index (χ1) is 25.4. The summed E-state index contributed by atoms with van der Waals surface area (Å²) in [6, 6.07) is 6.25. The van der Waals surface area contributed by atoms with Crippen molar-refractivity contribution in [2.75, 3.05) is 19.8 Å². The van der Waals surface area contributed by atoms with E-state index in [4.69, 9.17) is 23.7 Å². The molecule has 0 aromatic heterocycles. The molecular formula is C38H45F2NO13. The highest BCUT2D eigenvalue weighted by atomic mass is 19.1. The second-order valence-corrected chi connectivity index (χ2v) is 15.6. The number of nitrogens with zero attached hydrogens (tertiary/aromatic N) is 1. The quantitative estimate of drug-likeness (QED) is 0.0926. The van der Waals surface area contributed by atoms with Crippen LogP contribution >= 0.6 is 0 Å². The van der Waals surface area contributed by atoms with Gasteiger partial charge in [-0.2, -0.15) is 0 Å². The van der Waals surface area contributed by atoms with Gasteiger partial charge in [0.1, 0.15) is 11.9 Å². The molecule has 294 valence electrons. The zero-order valence-electron chi connectivity index (χ0n) is 30.5. The van der Waals surface area contributed by atoms with Crippen LogP contribution < -0.4 is 4.74 Å². The van der Waals surface area contributed by atoms with Gasteiger partial charge in [-0.3, -0.25) is 14.4 Å². The first kappa shape index (κ1) is 39.4. The van der Waals surface area contributed by atoms with Gasteiger partial charge in [-0.15, -0.1) is 10.1 Å². The Kier molecular flexibility index (Phi) is 10.5. The normalized spacial score (nSPS) is 35.8. The minimum absolute atomic E-state index is 0.00971. The number of aliphatic hydroxyl groups is 1. The Morgan fingerprint density at radius 2 is 1.74 bits per heavy atom. The highest BCUT2D eigenvalue weighted by Crippen LogP contribution is 2.72. The van der Waals surface area contributed by atoms with Crippen molar-refractivity contribution in [3.63, 3.8) is 0 Å². The van der Waals surface area contributed by atoms with Gasteiger partial charge in [0.05, 0.1) is 25.4 Å². The standard InChI is InChI=1S/C38H45F2NO13/c1-34(2)53-31-19-25-26-18-28(39)27-17-23(42)13-14-35(27,3)37(26,40)29(43)20-36(25,4)38(31,54-34)30(44)21-50-33(46)52-24-10-7-22(8-11-24)9-12-32(45)49-15-5-6-16-51-41(47)48/h7-8,10-11,13-14,17,25-26,28-29,31,43H,5-6,9,12,15-16,18-21H2,1-4H3/t25?,26?,28-,29-,31-,35-,36-,37-,38-/m0/s1. The van der Waals surface area contributed by atoms with Gasteiger partial charge < -0.3 is 33.6 Å². The Morgan fingerprint density at radius 1 is 1.04 bits per heavy atom. The van der Waals surface area contributed by atoms with E-state index in [1.54, 1.807) is 32.9 Å². The predicted octanol–water partition coefficient (Wildman–Crippen LogP) is 5.05. The average Bonchev–Trinajstić information content (AvgIpc) is 3.52. The Morgan fingerprint density at radius 3 is 2.44 bits per heavy atom. The number of rotatable bonds is 13. The third kappa shape index (κ3) is 6.70. The van der Waals surface area contributed by atoms with Crippen molar-refractivity contribution in [3.05, 3.63) is 63.7 Å². The number of Topliss-reactive ketones (excluding diaryl/α,β-unsaturated/α-hetero) is 1. The molecule has 0 amide bonds. The summed E-state index contributed by atoms with van der Waals surface area (Å²) in [4.78, 5) is 65.6. The van der Waals surface area contributed by atoms with Crippen LogP contribution in [0.3, 0.4) is 0 Å². The van der Waals surface area contributed by atoms with Crippen LogP contribution in [0.5, 0.6) is 5.75 Å². The van der Waals surface area contributed by atoms with Gasteiger partial charge in [0.25, 0.3) is 5.09 Å². The van der Waals surface area contributed by atoms with E-state index < -0.39 is 93.5 Å². The molecule has 0 radical (unpaired) electrons. The molecule has 4 aliphatic carbocycles. The van der Waals surface area contributed by atoms with Crippen molar-refractivity contribution in [1.29, 1.82) is 0 Å². The molecule has 1 aromatic rings. The van der Waals surface area contributed by atoms with Crippen molar-refractivity contribution in [3.8, 4) is 5.75 Å². The fourth-order valence-corrected chi connectivity index (χ4v) is 9.73. The highest BCUT2D eigenvalue weighted by molar-refractivity contribution is 6.01. The van der Waals surface area contributed by atoms with E-state index in [0.717, 1.165) is 11.6 Å². The van der Waals surface area contributed by atoms with Gasteiger partial charge >= 0.3 is 12.1 Å². The maximum atomic E-state index is 17.6. The van der Waals surface area contributed by atoms with Crippen molar-refractivity contribution in [1.82, 2.24) is 0 Å². The maximum Gasteiger partial charge on any atom is 0.514 e. The van der Waals surface area contributed by atoms with Crippen molar-refractivity contribution in [2.24, 2.45) is 22.7 Å². The van der Waals surface area contributed by atoms with E-state index in [1.165, 1.54) is 31.2 Å². The van der Waals surface area contributed by atoms with Gasteiger partial charge in [-0.1, -0.05) is 25.1 Å². The molecular weight excluding hydrogens is 716 g/mol. The monoisotopic (exact) mass is 761 g/mol. The van der Waals surface area contributed by atoms with Crippen molar-refractivity contribution in [2.45, 2.75) is 108 Å². The largest absolute Gasteiger partial charge is 0.514 e. The van der Waals surface area contributed by atoms with E-state index in [1.807, 2.05) is 0 Å². The molecule has 6 rings (SSSR count). The molecule has 5 aliphatic rings. The average molecular weight is 762 g/mol. The van der Waals surface area contributed by atoms with Crippen LogP contribution in [-0.2, 0) is 44.6 Å². The van der Waals surface area contributed by atoms with Gasteiger partial charge in [0, 0.05) is 23.2 Å². The zero-order chi connectivity index (χ0) is 39.3. The molecule has 1 N–H and O–H groups in total. The number of carbonyl (C=O) groups is 4. The number of carbonyl (C=O) groups excluding carboxylic acids is 4. The number of ketones is 2. The Bertz CT molecular complexity index is 1750. The molecule has 1 aromatic carbocycles. The highest BCUT2D eigenvalue weighted by Gasteiger charge is 2.80. The lowest BCUT2D eigenvalue weighted by Gasteiger charge is -2.63. The fraction of sp³-hybridized carbons (Fsp3) is 0.632. The number of esters is 1. The van der Waals surface area contributed by atoms with E-state index in [0.29, 0.717) is 19.3 Å². The first-order valence-electron chi connectivity index (χ1n) is 18.1. The Hall–Kier alpha value is -4.28. The minimum Gasteiger partial charge on any atom is -0.466 e. The van der Waals surface area contributed by atoms with Crippen molar-refractivity contribution >= 4 is 23.7 Å². The number of hydrogen-bond acceptors (Lipinski definition) is 13. The molecule has 14 nitrogen and oxygen atoms in total. The van der Waals surface area contributed by atoms with Crippen LogP contribution in [-0.4, -0.2) is 89.1 Å². The number of unbranched alkanes of at least 4 members (excludes halogenated alkanes) is 1. The first-order valence-corrected chi connectivity index (χ1v) is 18.1. The summed E-state index contributed by atoms with van der Waals surface area (Å²) in [5, 5.41) is 21.0. The summed E-state index contributed by atoms with van der Waals surface area (Å²) < 4.78 is 61.8. The van der Waals surface area contributed by atoms with Crippen LogP contribution in [0.1, 0.15) is 71.8 Å². The topological polar surface area (TPSA) is 187 Å². The number of alkyl halides is 2. The summed E-state index contributed by atoms with van der Waals surface area (Å²) in [7, 11) is 0. The molecule has 4 fully saturated rings. The summed E-state index contributed by atoms with van der Waals surface area (Å²) in [6.45, 7) is 5.70. The third-order valence-corrected chi connectivity index (χ3v) is 12.1. The van der Waals surface area contributed by atoms with Crippen LogP contribution in [0.25, 0.3) is 0 Å². The molecule has 1 aliphatic heterocycles. The van der Waals surface area contributed by atoms with E-state index in [9.17, 15) is 34.4 Å². The van der Waals surface area contributed by atoms with Crippen LogP contribution in [0, 0.1) is 32.8 Å². The van der Waals surface area contributed by atoms with Crippen LogP contribution in [0.2, 0.25) is 0 Å². The number of aliphatic hydroxyl groups excluding tert-OH is 1. The van der Waals surface area contributed by atoms with Gasteiger partial charge in [0.2, 0.25) is 5.78 Å². The number of halogens is 2. The van der Waals surface area contributed by atoms with E-state index in [2.05, 4.69) is 4.84 Å². The molecule has 16 heteroatoms. The van der Waals surface area contributed by atoms with Gasteiger partial charge in [-0.05, 0) is 101 Å². The van der Waals surface area contributed by atoms with Gasteiger partial charge in [0.15, 0.2) is 29.4 Å². The number of fused-ring (bicyclic) bond motifs is 7. The van der Waals surface area contributed by atoms with Crippen LogP contribution in [0.4, 0.5) is 13.6 Å². The van der Waals surface area contributed by atoms with Crippen LogP contribution in [0.15, 0.2) is 48.1 Å². The number of aryl methyl sites for hydroxylation is 1. The molecule has 0 bridgehead atoms. The second kappa shape index (κ2) is 14.4. The number of benzene rings is 1. The second-order valence-electron chi connectivity index (χ2n) is 15.6. The smallest absolute Gasteiger partial charge is 0.466 e. The number of hydrogen-bond donors (Lipinski definition) is 1. The molecule has 9 atom stereocenters. The lowest BCUT2D eigenvalue weighted by molar-refractivity contribution is -0.757. The molecule has 1 saturated heterocycles. The zero-order valence-corrected chi connectivity index (χ0v) is 30.5. The Balaban J connectivity index is 1.08. The molecule has 2 unspecified atom stereocenters.